The van der Waals surface area contributed by atoms with Crippen LogP contribution in [0.2, 0.25) is 0 Å². The minimum atomic E-state index is -0.454. The number of hydrogen-bond donors (Lipinski definition) is 3. The number of aromatic nitrogens is 1. The van der Waals surface area contributed by atoms with Gasteiger partial charge in [0.15, 0.2) is 0 Å². The van der Waals surface area contributed by atoms with Gasteiger partial charge in [-0.3, -0.25) is 9.78 Å². The van der Waals surface area contributed by atoms with E-state index in [9.17, 15) is 15.0 Å². The zero-order valence-corrected chi connectivity index (χ0v) is 10.7. The van der Waals surface area contributed by atoms with Crippen LogP contribution in [-0.4, -0.2) is 26.8 Å². The Morgan fingerprint density at radius 1 is 1.25 bits per heavy atom. The number of aromatic hydroxyl groups is 2. The smallest absolute Gasteiger partial charge is 0.289 e. The van der Waals surface area contributed by atoms with Crippen molar-refractivity contribution >= 4 is 11.6 Å². The first-order valence-electron chi connectivity index (χ1n) is 5.86. The van der Waals surface area contributed by atoms with Crippen molar-refractivity contribution in [2.24, 2.45) is 5.10 Å². The third-order valence-corrected chi connectivity index (χ3v) is 2.59. The number of carbonyl (C=O) groups is 1. The van der Waals surface area contributed by atoms with E-state index in [-0.39, 0.29) is 17.2 Å². The fourth-order valence-corrected chi connectivity index (χ4v) is 1.56. The van der Waals surface area contributed by atoms with Gasteiger partial charge in [-0.15, -0.1) is 0 Å². The standard InChI is InChI=1S/C14H13N3O3/c1-9(11-8-10(18)5-6-13(11)19)16-17-14(20)12-4-2-3-7-15-12/h2-8,18-19H,1H3,(H,17,20). The predicted octanol–water partition coefficient (Wildman–Crippen LogP) is 1.65. The molecule has 102 valence electrons. The van der Waals surface area contributed by atoms with Gasteiger partial charge >= 0.3 is 0 Å². The van der Waals surface area contributed by atoms with Crippen LogP contribution in [0.15, 0.2) is 47.7 Å². The van der Waals surface area contributed by atoms with Gasteiger partial charge in [-0.05, 0) is 37.3 Å². The van der Waals surface area contributed by atoms with Crippen LogP contribution in [0.1, 0.15) is 23.0 Å². The minimum absolute atomic E-state index is 0.00315. The number of hydrogen-bond acceptors (Lipinski definition) is 5. The van der Waals surface area contributed by atoms with Gasteiger partial charge < -0.3 is 10.2 Å². The van der Waals surface area contributed by atoms with Crippen LogP contribution in [-0.2, 0) is 0 Å². The van der Waals surface area contributed by atoms with Crippen LogP contribution in [0.25, 0.3) is 0 Å². The van der Waals surface area contributed by atoms with E-state index in [0.29, 0.717) is 11.3 Å². The third kappa shape index (κ3) is 3.11. The average Bonchev–Trinajstić information content (AvgIpc) is 2.47. The van der Waals surface area contributed by atoms with Crippen LogP contribution >= 0.6 is 0 Å². The highest BCUT2D eigenvalue weighted by atomic mass is 16.3. The Morgan fingerprint density at radius 2 is 2.05 bits per heavy atom. The second-order valence-corrected chi connectivity index (χ2v) is 4.05. The van der Waals surface area contributed by atoms with Gasteiger partial charge in [0.2, 0.25) is 0 Å². The van der Waals surface area contributed by atoms with Gasteiger partial charge in [-0.1, -0.05) is 6.07 Å². The molecular formula is C14H13N3O3. The lowest BCUT2D eigenvalue weighted by Gasteiger charge is -2.05. The number of nitrogens with zero attached hydrogens (tertiary/aromatic N) is 2. The lowest BCUT2D eigenvalue weighted by Crippen LogP contribution is -2.20. The fraction of sp³-hybridized carbons (Fsp3) is 0.0714. The van der Waals surface area contributed by atoms with Crippen LogP contribution in [0, 0.1) is 0 Å². The highest BCUT2D eigenvalue weighted by Crippen LogP contribution is 2.22. The van der Waals surface area contributed by atoms with Crippen LogP contribution in [0.5, 0.6) is 11.5 Å². The molecule has 1 amide bonds. The molecular weight excluding hydrogens is 258 g/mol. The van der Waals surface area contributed by atoms with E-state index in [1.165, 1.54) is 24.4 Å². The summed E-state index contributed by atoms with van der Waals surface area (Å²) in [5, 5.41) is 22.9. The molecule has 2 rings (SSSR count). The molecule has 0 aliphatic carbocycles. The number of carbonyl (C=O) groups excluding carboxylic acids is 1. The zero-order chi connectivity index (χ0) is 14.5. The summed E-state index contributed by atoms with van der Waals surface area (Å²) < 4.78 is 0. The Bertz CT molecular complexity index is 654. The number of phenolic OH excluding ortho intramolecular Hbond substituents is 2. The van der Waals surface area contributed by atoms with Crippen molar-refractivity contribution in [3.8, 4) is 11.5 Å². The topological polar surface area (TPSA) is 94.8 Å². The summed E-state index contributed by atoms with van der Waals surface area (Å²) in [6.45, 7) is 1.60. The quantitative estimate of drug-likeness (QED) is 0.449. The number of pyridine rings is 1. The highest BCUT2D eigenvalue weighted by molar-refractivity contribution is 6.02. The Hall–Kier alpha value is -2.89. The number of nitrogens with one attached hydrogen (secondary N) is 1. The van der Waals surface area contributed by atoms with E-state index in [1.807, 2.05) is 0 Å². The third-order valence-electron chi connectivity index (χ3n) is 2.59. The highest BCUT2D eigenvalue weighted by Gasteiger charge is 2.08. The van der Waals surface area contributed by atoms with E-state index >= 15 is 0 Å². The fourth-order valence-electron chi connectivity index (χ4n) is 1.56. The summed E-state index contributed by atoms with van der Waals surface area (Å²) in [6.07, 6.45) is 1.51. The van der Waals surface area contributed by atoms with Crippen molar-refractivity contribution in [2.45, 2.75) is 6.92 Å². The summed E-state index contributed by atoms with van der Waals surface area (Å²) in [5.41, 5.74) is 3.28. The molecule has 0 unspecified atom stereocenters. The molecule has 2 aromatic rings. The van der Waals surface area contributed by atoms with Crippen LogP contribution in [0.4, 0.5) is 0 Å². The number of hydrazone groups is 1. The molecule has 1 heterocycles. The summed E-state index contributed by atoms with van der Waals surface area (Å²) in [4.78, 5) is 15.6. The van der Waals surface area contributed by atoms with Crippen molar-refractivity contribution in [2.75, 3.05) is 0 Å². The van der Waals surface area contributed by atoms with Crippen LogP contribution in [0.3, 0.4) is 0 Å². The van der Waals surface area contributed by atoms with E-state index in [4.69, 9.17) is 0 Å². The summed E-state index contributed by atoms with van der Waals surface area (Å²) in [7, 11) is 0. The molecule has 0 bridgehead atoms. The molecule has 0 fully saturated rings. The second-order valence-electron chi connectivity index (χ2n) is 4.05. The van der Waals surface area contributed by atoms with Gasteiger partial charge in [0.05, 0.1) is 5.71 Å². The number of phenols is 2. The molecule has 1 aromatic carbocycles. The largest absolute Gasteiger partial charge is 0.508 e. The van der Waals surface area contributed by atoms with Crippen molar-refractivity contribution in [1.82, 2.24) is 10.4 Å². The minimum Gasteiger partial charge on any atom is -0.508 e. The zero-order valence-electron chi connectivity index (χ0n) is 10.7. The molecule has 3 N–H and O–H groups in total. The maximum atomic E-state index is 11.7. The Morgan fingerprint density at radius 3 is 2.75 bits per heavy atom. The molecule has 0 aliphatic rings. The molecule has 6 heteroatoms. The van der Waals surface area contributed by atoms with Gasteiger partial charge in [-0.2, -0.15) is 5.10 Å². The molecule has 0 spiro atoms. The molecule has 1 aromatic heterocycles. The van der Waals surface area contributed by atoms with Gasteiger partial charge in [0, 0.05) is 11.8 Å². The Labute approximate surface area is 115 Å². The van der Waals surface area contributed by atoms with Crippen molar-refractivity contribution in [1.29, 1.82) is 0 Å². The molecule has 6 nitrogen and oxygen atoms in total. The van der Waals surface area contributed by atoms with Crippen LogP contribution < -0.4 is 5.43 Å². The summed E-state index contributed by atoms with van der Waals surface area (Å²) in [6, 6.07) is 9.03. The SMILES string of the molecule is CC(=NNC(=O)c1ccccn1)c1cc(O)ccc1O. The normalized spacial score (nSPS) is 11.2. The van der Waals surface area contributed by atoms with E-state index in [1.54, 1.807) is 25.1 Å². The predicted molar refractivity (Wildman–Crippen MR) is 73.7 cm³/mol. The van der Waals surface area contributed by atoms with E-state index < -0.39 is 5.91 Å². The van der Waals surface area contributed by atoms with E-state index in [0.717, 1.165) is 0 Å². The molecule has 0 saturated heterocycles. The lowest BCUT2D eigenvalue weighted by atomic mass is 10.1. The van der Waals surface area contributed by atoms with Gasteiger partial charge in [0.1, 0.15) is 17.2 Å². The Kier molecular flexibility index (Phi) is 3.95. The number of amides is 1. The first-order valence-corrected chi connectivity index (χ1v) is 5.86. The maximum absolute atomic E-state index is 11.7. The summed E-state index contributed by atoms with van der Waals surface area (Å²) in [5.74, 6) is -0.482. The monoisotopic (exact) mass is 271 g/mol. The van der Waals surface area contributed by atoms with Crippen molar-refractivity contribution < 1.29 is 15.0 Å². The summed E-state index contributed by atoms with van der Waals surface area (Å²) >= 11 is 0. The van der Waals surface area contributed by atoms with Crippen molar-refractivity contribution in [3.63, 3.8) is 0 Å². The number of rotatable bonds is 3. The van der Waals surface area contributed by atoms with Gasteiger partial charge in [0.25, 0.3) is 5.91 Å². The molecule has 0 saturated carbocycles. The molecule has 20 heavy (non-hydrogen) atoms. The Balaban J connectivity index is 2.15. The number of benzene rings is 1. The molecule has 0 atom stereocenters. The molecule has 0 radical (unpaired) electrons. The first kappa shape index (κ1) is 13.5. The second kappa shape index (κ2) is 5.83. The van der Waals surface area contributed by atoms with E-state index in [2.05, 4.69) is 15.5 Å². The average molecular weight is 271 g/mol. The molecule has 0 aliphatic heterocycles. The maximum Gasteiger partial charge on any atom is 0.289 e. The lowest BCUT2D eigenvalue weighted by molar-refractivity contribution is 0.0950. The first-order chi connectivity index (χ1) is 9.58. The van der Waals surface area contributed by atoms with Crippen molar-refractivity contribution in [3.05, 3.63) is 53.9 Å². The van der Waals surface area contributed by atoms with Gasteiger partial charge in [-0.25, -0.2) is 5.43 Å².